The Kier molecular flexibility index (Phi) is 11.3. The van der Waals surface area contributed by atoms with Crippen LogP contribution in [0.5, 0.6) is 5.75 Å². The van der Waals surface area contributed by atoms with Crippen molar-refractivity contribution in [3.05, 3.63) is 65.7 Å². The van der Waals surface area contributed by atoms with Crippen molar-refractivity contribution in [3.8, 4) is 5.75 Å². The summed E-state index contributed by atoms with van der Waals surface area (Å²) < 4.78 is 11.8. The minimum Gasteiger partial charge on any atom is -0.455 e. The molecule has 0 aromatic heterocycles. The first-order valence-corrected chi connectivity index (χ1v) is 12.2. The van der Waals surface area contributed by atoms with Crippen molar-refractivity contribution >= 4 is 5.97 Å². The highest BCUT2D eigenvalue weighted by atomic mass is 16.7. The molecule has 0 amide bonds. The quantitative estimate of drug-likeness (QED) is 0.137. The van der Waals surface area contributed by atoms with E-state index in [4.69, 9.17) is 9.47 Å². The lowest BCUT2D eigenvalue weighted by molar-refractivity contribution is -0.896. The maximum absolute atomic E-state index is 12.4. The fraction of sp³-hybridized carbons (Fsp3) is 0.536. The molecule has 1 unspecified atom stereocenters. The van der Waals surface area contributed by atoms with Crippen molar-refractivity contribution in [2.45, 2.75) is 78.0 Å². The van der Waals surface area contributed by atoms with Crippen molar-refractivity contribution < 1.29 is 18.8 Å². The van der Waals surface area contributed by atoms with E-state index in [0.717, 1.165) is 18.7 Å². The smallest absolute Gasteiger partial charge is 0.364 e. The highest BCUT2D eigenvalue weighted by Gasteiger charge is 2.23. The molecule has 0 fully saturated rings. The molecule has 0 bridgehead atoms. The number of ether oxygens (including phenoxy) is 2. The lowest BCUT2D eigenvalue weighted by atomic mass is 10.0. The van der Waals surface area contributed by atoms with Crippen LogP contribution in [-0.2, 0) is 22.5 Å². The van der Waals surface area contributed by atoms with Crippen LogP contribution in [0.4, 0.5) is 0 Å². The monoisotopic (exact) mass is 440 g/mol. The van der Waals surface area contributed by atoms with E-state index in [0.29, 0.717) is 11.0 Å². The molecule has 0 aliphatic rings. The van der Waals surface area contributed by atoms with Crippen LogP contribution < -0.4 is 4.74 Å². The molecule has 2 aromatic carbocycles. The van der Waals surface area contributed by atoms with Gasteiger partial charge in [-0.3, -0.25) is 0 Å². The van der Waals surface area contributed by atoms with E-state index in [2.05, 4.69) is 31.2 Å². The number of esters is 1. The minimum atomic E-state index is -0.617. The third-order valence-electron chi connectivity index (χ3n) is 5.60. The van der Waals surface area contributed by atoms with Gasteiger partial charge in [0.25, 0.3) is 0 Å². The van der Waals surface area contributed by atoms with Gasteiger partial charge in [-0.1, -0.05) is 87.9 Å². The fourth-order valence-corrected chi connectivity index (χ4v) is 3.94. The Morgan fingerprint density at radius 1 is 0.844 bits per heavy atom. The van der Waals surface area contributed by atoms with Crippen LogP contribution in [0.25, 0.3) is 0 Å². The van der Waals surface area contributed by atoms with Gasteiger partial charge in [0.15, 0.2) is 6.54 Å². The molecule has 0 saturated heterocycles. The Hall–Kier alpha value is -2.33. The molecule has 0 heterocycles. The number of unbranched alkanes of at least 4 members (excludes halogenated alkanes) is 6. The molecule has 2 rings (SSSR count). The lowest BCUT2D eigenvalue weighted by Gasteiger charge is -2.29. The predicted molar refractivity (Wildman–Crippen MR) is 131 cm³/mol. The summed E-state index contributed by atoms with van der Waals surface area (Å²) in [5.74, 6) is 0.473. The number of hydrogen-bond donors (Lipinski definition) is 0. The first-order valence-electron chi connectivity index (χ1n) is 12.2. The third-order valence-corrected chi connectivity index (χ3v) is 5.60. The van der Waals surface area contributed by atoms with Crippen LogP contribution in [0.2, 0.25) is 0 Å². The van der Waals surface area contributed by atoms with Crippen LogP contribution >= 0.6 is 0 Å². The molecular weight excluding hydrogens is 398 g/mol. The summed E-state index contributed by atoms with van der Waals surface area (Å²) in [5, 5.41) is 0. The molecule has 4 heteroatoms. The number of carbonyl (C=O) groups excluding carboxylic acids is 1. The van der Waals surface area contributed by atoms with Gasteiger partial charge >= 0.3 is 5.97 Å². The molecule has 1 atom stereocenters. The van der Waals surface area contributed by atoms with E-state index in [-0.39, 0.29) is 5.97 Å². The number of carbonyl (C=O) groups is 1. The molecule has 176 valence electrons. The van der Waals surface area contributed by atoms with E-state index >= 15 is 0 Å². The number of quaternary nitrogens is 1. The number of nitrogens with zero attached hydrogens (tertiary/aromatic N) is 1. The zero-order chi connectivity index (χ0) is 23.2. The van der Waals surface area contributed by atoms with Crippen molar-refractivity contribution in [2.24, 2.45) is 0 Å². The number of aryl methyl sites for hydroxylation is 1. The van der Waals surface area contributed by atoms with Gasteiger partial charge < -0.3 is 14.0 Å². The van der Waals surface area contributed by atoms with Gasteiger partial charge in [-0.2, -0.15) is 0 Å². The maximum Gasteiger partial charge on any atom is 0.364 e. The summed E-state index contributed by atoms with van der Waals surface area (Å²) in [6, 6.07) is 18.4. The zero-order valence-electron chi connectivity index (χ0n) is 20.5. The Labute approximate surface area is 195 Å². The lowest BCUT2D eigenvalue weighted by Crippen LogP contribution is -2.44. The standard InChI is InChI=1S/C28H42NO3/c1-5-6-7-8-9-10-12-15-25-18-20-27(21-19-25)31-24(2)32-28(30)23-29(3,4)22-26-16-13-11-14-17-26/h11,13-14,16-21,24H,5-10,12,15,22-23H2,1-4H3/q+1. The van der Waals surface area contributed by atoms with Crippen LogP contribution in [0.3, 0.4) is 0 Å². The molecule has 4 nitrogen and oxygen atoms in total. The molecule has 2 aromatic rings. The summed E-state index contributed by atoms with van der Waals surface area (Å²) in [5.41, 5.74) is 2.53. The van der Waals surface area contributed by atoms with Crippen LogP contribution in [0, 0.1) is 0 Å². The van der Waals surface area contributed by atoms with E-state index < -0.39 is 6.29 Å². The second-order valence-corrected chi connectivity index (χ2v) is 9.43. The van der Waals surface area contributed by atoms with Gasteiger partial charge in [-0.15, -0.1) is 0 Å². The van der Waals surface area contributed by atoms with Crippen molar-refractivity contribution in [2.75, 3.05) is 20.6 Å². The Balaban J connectivity index is 1.68. The molecule has 0 aliphatic carbocycles. The molecule has 0 aliphatic heterocycles. The number of likely N-dealkylation sites (N-methyl/N-ethyl adjacent to an activating group) is 1. The highest BCUT2D eigenvalue weighted by molar-refractivity contribution is 5.70. The first kappa shape index (κ1) is 25.9. The summed E-state index contributed by atoms with van der Waals surface area (Å²) in [6.45, 7) is 5.08. The minimum absolute atomic E-state index is 0.256. The number of hydrogen-bond acceptors (Lipinski definition) is 3. The average Bonchev–Trinajstić information content (AvgIpc) is 2.74. The first-order chi connectivity index (χ1) is 15.4. The molecular formula is C28H42NO3+. The zero-order valence-corrected chi connectivity index (χ0v) is 20.5. The largest absolute Gasteiger partial charge is 0.455 e. The second kappa shape index (κ2) is 13.9. The van der Waals surface area contributed by atoms with E-state index in [1.165, 1.54) is 56.1 Å². The summed E-state index contributed by atoms with van der Waals surface area (Å²) in [4.78, 5) is 12.4. The molecule has 32 heavy (non-hydrogen) atoms. The highest BCUT2D eigenvalue weighted by Crippen LogP contribution is 2.17. The summed E-state index contributed by atoms with van der Waals surface area (Å²) >= 11 is 0. The average molecular weight is 441 g/mol. The molecule has 0 saturated carbocycles. The van der Waals surface area contributed by atoms with Crippen LogP contribution in [0.15, 0.2) is 54.6 Å². The van der Waals surface area contributed by atoms with Gasteiger partial charge in [-0.05, 0) is 30.5 Å². The summed E-state index contributed by atoms with van der Waals surface area (Å²) in [6.07, 6.45) is 9.75. The predicted octanol–water partition coefficient (Wildman–Crippen LogP) is 6.52. The maximum atomic E-state index is 12.4. The Morgan fingerprint density at radius 2 is 1.47 bits per heavy atom. The number of rotatable bonds is 15. The SMILES string of the molecule is CCCCCCCCCc1ccc(OC(C)OC(=O)C[N+](C)(C)Cc2ccccc2)cc1. The van der Waals surface area contributed by atoms with Crippen molar-refractivity contribution in [3.63, 3.8) is 0 Å². The van der Waals surface area contributed by atoms with Crippen LogP contribution in [-0.4, -0.2) is 37.4 Å². The Bertz CT molecular complexity index is 771. The van der Waals surface area contributed by atoms with E-state index in [1.54, 1.807) is 6.92 Å². The fourth-order valence-electron chi connectivity index (χ4n) is 3.94. The van der Waals surface area contributed by atoms with Gasteiger partial charge in [-0.25, -0.2) is 4.79 Å². The van der Waals surface area contributed by atoms with E-state index in [9.17, 15) is 4.79 Å². The second-order valence-electron chi connectivity index (χ2n) is 9.43. The topological polar surface area (TPSA) is 35.5 Å². The van der Waals surface area contributed by atoms with Crippen LogP contribution in [0.1, 0.15) is 69.9 Å². The van der Waals surface area contributed by atoms with Crippen molar-refractivity contribution in [1.82, 2.24) is 0 Å². The molecule has 0 spiro atoms. The molecule has 0 N–H and O–H groups in total. The Morgan fingerprint density at radius 3 is 2.12 bits per heavy atom. The van der Waals surface area contributed by atoms with E-state index in [1.807, 2.05) is 44.4 Å². The van der Waals surface area contributed by atoms with Gasteiger partial charge in [0.1, 0.15) is 12.3 Å². The van der Waals surface area contributed by atoms with Crippen molar-refractivity contribution in [1.29, 1.82) is 0 Å². The number of benzene rings is 2. The van der Waals surface area contributed by atoms with Gasteiger partial charge in [0.2, 0.25) is 6.29 Å². The molecule has 0 radical (unpaired) electrons. The van der Waals surface area contributed by atoms with Gasteiger partial charge in [0.05, 0.1) is 14.1 Å². The summed E-state index contributed by atoms with van der Waals surface area (Å²) in [7, 11) is 4.06. The normalized spacial score (nSPS) is 12.4. The van der Waals surface area contributed by atoms with Gasteiger partial charge in [0, 0.05) is 12.5 Å². The third kappa shape index (κ3) is 10.8.